The van der Waals surface area contributed by atoms with Gasteiger partial charge in [-0.25, -0.2) is 0 Å². The first-order valence-corrected chi connectivity index (χ1v) is 14.5. The van der Waals surface area contributed by atoms with Gasteiger partial charge >= 0.3 is 0 Å². The van der Waals surface area contributed by atoms with Crippen molar-refractivity contribution in [1.29, 1.82) is 0 Å². The predicted molar refractivity (Wildman–Crippen MR) is 141 cm³/mol. The van der Waals surface area contributed by atoms with Gasteiger partial charge in [0.05, 0.1) is 0 Å². The highest BCUT2D eigenvalue weighted by Gasteiger charge is 1.95. The summed E-state index contributed by atoms with van der Waals surface area (Å²) < 4.78 is 0. The van der Waals surface area contributed by atoms with E-state index in [0.717, 1.165) is 19.3 Å². The molecule has 0 rings (SSSR count). The summed E-state index contributed by atoms with van der Waals surface area (Å²) in [4.78, 5) is 0. The molecule has 0 heterocycles. The number of hydrogen-bond donors (Lipinski definition) is 1. The highest BCUT2D eigenvalue weighted by molar-refractivity contribution is 4.98. The summed E-state index contributed by atoms with van der Waals surface area (Å²) in [5.74, 6) is 6.75. The minimum absolute atomic E-state index is 0.356. The van der Waals surface area contributed by atoms with Crippen LogP contribution in [0.25, 0.3) is 0 Å². The number of rotatable bonds is 25. The molecule has 1 nitrogen and oxygen atoms in total. The van der Waals surface area contributed by atoms with Crippen molar-refractivity contribution in [3.63, 3.8) is 0 Å². The maximum absolute atomic E-state index is 8.74. The van der Waals surface area contributed by atoms with Crippen LogP contribution in [0.4, 0.5) is 0 Å². The molecule has 0 aliphatic heterocycles. The predicted octanol–water partition coefficient (Wildman–Crippen LogP) is 10.1. The summed E-state index contributed by atoms with van der Waals surface area (Å²) in [6.07, 6.45) is 35.4. The lowest BCUT2D eigenvalue weighted by Crippen LogP contribution is -1.84. The molecule has 0 spiro atoms. The first-order chi connectivity index (χ1) is 15.4. The van der Waals surface area contributed by atoms with E-state index in [-0.39, 0.29) is 0 Å². The zero-order valence-corrected chi connectivity index (χ0v) is 21.5. The molecule has 0 amide bonds. The van der Waals surface area contributed by atoms with Gasteiger partial charge in [-0.3, -0.25) is 0 Å². The van der Waals surface area contributed by atoms with Crippen molar-refractivity contribution in [3.8, 4) is 11.8 Å². The summed E-state index contributed by atoms with van der Waals surface area (Å²) in [5.41, 5.74) is 0. The zero-order valence-electron chi connectivity index (χ0n) is 21.5. The Balaban J connectivity index is 3.07. The average molecular weight is 435 g/mol. The molecule has 0 fully saturated rings. The molecule has 0 saturated carbocycles. The Morgan fingerprint density at radius 3 is 0.903 bits per heavy atom. The van der Waals surface area contributed by atoms with Crippen molar-refractivity contribution in [3.05, 3.63) is 0 Å². The zero-order chi connectivity index (χ0) is 22.5. The Kier molecular flexibility index (Phi) is 29.1. The van der Waals surface area contributed by atoms with Gasteiger partial charge in [-0.05, 0) is 19.3 Å². The van der Waals surface area contributed by atoms with Crippen molar-refractivity contribution in [2.24, 2.45) is 0 Å². The molecule has 0 aromatic rings. The fourth-order valence-electron chi connectivity index (χ4n) is 4.32. The number of unbranched alkanes of at least 4 members (excludes halogenated alkanes) is 24. The molecule has 0 aromatic carbocycles. The Hall–Kier alpha value is -0.480. The summed E-state index contributed by atoms with van der Waals surface area (Å²) in [6.45, 7) is 2.65. The van der Waals surface area contributed by atoms with Crippen LogP contribution in [0.5, 0.6) is 0 Å². The molecule has 0 radical (unpaired) electrons. The van der Waals surface area contributed by atoms with Crippen LogP contribution in [-0.2, 0) is 0 Å². The van der Waals surface area contributed by atoms with Crippen molar-refractivity contribution in [2.45, 2.75) is 174 Å². The highest BCUT2D eigenvalue weighted by Crippen LogP contribution is 2.14. The molecule has 31 heavy (non-hydrogen) atoms. The smallest absolute Gasteiger partial charge is 0.0431 e. The Morgan fingerprint density at radius 2 is 0.613 bits per heavy atom. The van der Waals surface area contributed by atoms with E-state index in [9.17, 15) is 0 Å². The standard InChI is InChI=1S/C30H58O/c1-2-3-4-5-6-7-8-9-10-11-12-13-14-15-16-17-18-19-20-21-22-23-24-25-26-27-28-29-30-31/h31H,2-19,22-30H2,1H3. The van der Waals surface area contributed by atoms with Gasteiger partial charge in [-0.15, -0.1) is 11.8 Å². The third-order valence-corrected chi connectivity index (χ3v) is 6.49. The fourth-order valence-corrected chi connectivity index (χ4v) is 4.32. The van der Waals surface area contributed by atoms with Gasteiger partial charge in [0.25, 0.3) is 0 Å². The SMILES string of the molecule is CCCCCCCCCCCCCCCCCCCC#CCCCCCCCCCO. The third kappa shape index (κ3) is 29.5. The lowest BCUT2D eigenvalue weighted by molar-refractivity contribution is 0.282. The molecule has 184 valence electrons. The monoisotopic (exact) mass is 434 g/mol. The van der Waals surface area contributed by atoms with Gasteiger partial charge in [-0.1, -0.05) is 142 Å². The molecule has 1 heteroatoms. The number of aliphatic hydroxyl groups excluding tert-OH is 1. The van der Waals surface area contributed by atoms with E-state index >= 15 is 0 Å². The normalized spacial score (nSPS) is 10.9. The van der Waals surface area contributed by atoms with Gasteiger partial charge < -0.3 is 5.11 Å². The quantitative estimate of drug-likeness (QED) is 0.112. The molecule has 0 atom stereocenters. The Morgan fingerprint density at radius 1 is 0.355 bits per heavy atom. The Bertz CT molecular complexity index is 364. The van der Waals surface area contributed by atoms with E-state index in [2.05, 4.69) is 18.8 Å². The van der Waals surface area contributed by atoms with Crippen LogP contribution in [-0.4, -0.2) is 11.7 Å². The fraction of sp³-hybridized carbons (Fsp3) is 0.933. The lowest BCUT2D eigenvalue weighted by atomic mass is 10.0. The van der Waals surface area contributed by atoms with E-state index in [1.54, 1.807) is 0 Å². The molecule has 0 unspecified atom stereocenters. The van der Waals surface area contributed by atoms with Crippen LogP contribution in [0.15, 0.2) is 0 Å². The molecular formula is C30H58O. The first-order valence-electron chi connectivity index (χ1n) is 14.5. The van der Waals surface area contributed by atoms with Crippen molar-refractivity contribution < 1.29 is 5.11 Å². The highest BCUT2D eigenvalue weighted by atomic mass is 16.2. The van der Waals surface area contributed by atoms with Crippen LogP contribution in [0.3, 0.4) is 0 Å². The van der Waals surface area contributed by atoms with E-state index in [4.69, 9.17) is 5.11 Å². The summed E-state index contributed by atoms with van der Waals surface area (Å²) in [5, 5.41) is 8.74. The van der Waals surface area contributed by atoms with E-state index in [0.29, 0.717) is 6.61 Å². The second kappa shape index (κ2) is 29.5. The molecule has 0 saturated heterocycles. The molecule has 0 bridgehead atoms. The lowest BCUT2D eigenvalue weighted by Gasteiger charge is -2.03. The molecular weight excluding hydrogens is 376 g/mol. The maximum Gasteiger partial charge on any atom is 0.0431 e. The maximum atomic E-state index is 8.74. The largest absolute Gasteiger partial charge is 0.396 e. The first kappa shape index (κ1) is 30.5. The van der Waals surface area contributed by atoms with Crippen LogP contribution >= 0.6 is 0 Å². The second-order valence-electron chi connectivity index (χ2n) is 9.71. The van der Waals surface area contributed by atoms with Crippen LogP contribution in [0.2, 0.25) is 0 Å². The van der Waals surface area contributed by atoms with Crippen LogP contribution in [0, 0.1) is 11.8 Å². The van der Waals surface area contributed by atoms with E-state index in [1.807, 2.05) is 0 Å². The molecule has 0 aromatic heterocycles. The van der Waals surface area contributed by atoms with Crippen molar-refractivity contribution in [1.82, 2.24) is 0 Å². The summed E-state index contributed by atoms with van der Waals surface area (Å²) in [6, 6.07) is 0. The van der Waals surface area contributed by atoms with Gasteiger partial charge in [0.2, 0.25) is 0 Å². The van der Waals surface area contributed by atoms with Gasteiger partial charge in [0.1, 0.15) is 0 Å². The van der Waals surface area contributed by atoms with Gasteiger partial charge in [0, 0.05) is 19.4 Å². The average Bonchev–Trinajstić information content (AvgIpc) is 2.78. The minimum atomic E-state index is 0.356. The van der Waals surface area contributed by atoms with Crippen molar-refractivity contribution >= 4 is 0 Å². The van der Waals surface area contributed by atoms with Gasteiger partial charge in [0.15, 0.2) is 0 Å². The van der Waals surface area contributed by atoms with Gasteiger partial charge in [-0.2, -0.15) is 0 Å². The van der Waals surface area contributed by atoms with E-state index in [1.165, 1.54) is 148 Å². The van der Waals surface area contributed by atoms with Crippen molar-refractivity contribution in [2.75, 3.05) is 6.61 Å². The summed E-state index contributed by atoms with van der Waals surface area (Å²) in [7, 11) is 0. The third-order valence-electron chi connectivity index (χ3n) is 6.49. The van der Waals surface area contributed by atoms with Crippen LogP contribution < -0.4 is 0 Å². The molecule has 0 aliphatic carbocycles. The molecule has 0 aliphatic rings. The number of hydrogen-bond acceptors (Lipinski definition) is 1. The topological polar surface area (TPSA) is 20.2 Å². The van der Waals surface area contributed by atoms with Crippen LogP contribution in [0.1, 0.15) is 174 Å². The second-order valence-corrected chi connectivity index (χ2v) is 9.71. The number of aliphatic hydroxyl groups is 1. The molecule has 1 N–H and O–H groups in total. The van der Waals surface area contributed by atoms with E-state index < -0.39 is 0 Å². The minimum Gasteiger partial charge on any atom is -0.396 e. The Labute approximate surface area is 197 Å². The summed E-state index contributed by atoms with van der Waals surface area (Å²) >= 11 is 0.